The first-order chi connectivity index (χ1) is 14.1. The lowest BCUT2D eigenvalue weighted by molar-refractivity contribution is -0.104. The van der Waals surface area contributed by atoms with E-state index in [2.05, 4.69) is 22.2 Å². The highest BCUT2D eigenvalue weighted by Gasteiger charge is 2.48. The number of hydrogen-bond donors (Lipinski definition) is 1. The van der Waals surface area contributed by atoms with Crippen LogP contribution in [0.3, 0.4) is 0 Å². The number of alkyl halides is 2. The fourth-order valence-corrected chi connectivity index (χ4v) is 5.76. The molecule has 1 N–H and O–H groups in total. The summed E-state index contributed by atoms with van der Waals surface area (Å²) in [5.74, 6) is 0.271. The van der Waals surface area contributed by atoms with Crippen LogP contribution < -0.4 is 10.1 Å². The minimum absolute atomic E-state index is 0.00178. The molecule has 0 aromatic carbocycles. The zero-order valence-electron chi connectivity index (χ0n) is 16.5. The number of nitrogens with one attached hydrogen (secondary N) is 1. The number of halogens is 2. The van der Waals surface area contributed by atoms with Crippen molar-refractivity contribution in [2.45, 2.75) is 69.1 Å². The quantitative estimate of drug-likeness (QED) is 0.588. The summed E-state index contributed by atoms with van der Waals surface area (Å²) in [5.41, 5.74) is 1.14. The van der Waals surface area contributed by atoms with Gasteiger partial charge in [0.25, 0.3) is 0 Å². The molecule has 0 amide bonds. The van der Waals surface area contributed by atoms with E-state index in [9.17, 15) is 8.78 Å². The van der Waals surface area contributed by atoms with Gasteiger partial charge < -0.3 is 14.8 Å². The van der Waals surface area contributed by atoms with Crippen LogP contribution in [-0.2, 0) is 16.7 Å². The maximum absolute atomic E-state index is 12.5. The second-order valence-corrected chi connectivity index (χ2v) is 9.17. The van der Waals surface area contributed by atoms with E-state index >= 15 is 0 Å². The van der Waals surface area contributed by atoms with Gasteiger partial charge in [0.05, 0.1) is 10.5 Å². The maximum atomic E-state index is 12.5. The molecule has 0 unspecified atom stereocenters. The van der Waals surface area contributed by atoms with E-state index in [0.717, 1.165) is 55.8 Å². The smallest absolute Gasteiger partial charge is 0.387 e. The van der Waals surface area contributed by atoms with Gasteiger partial charge in [-0.2, -0.15) is 8.78 Å². The maximum Gasteiger partial charge on any atom is 0.387 e. The molecule has 0 bridgehead atoms. The zero-order chi connectivity index (χ0) is 20.2. The summed E-state index contributed by atoms with van der Waals surface area (Å²) < 4.78 is 36.0. The van der Waals surface area contributed by atoms with Crippen LogP contribution in [0.25, 0.3) is 0 Å². The van der Waals surface area contributed by atoms with Crippen LogP contribution >= 0.6 is 11.3 Å². The molecular formula is C22H28F2N2O2S. The molecule has 3 heterocycles. The van der Waals surface area contributed by atoms with Gasteiger partial charge >= 0.3 is 6.61 Å². The Labute approximate surface area is 174 Å². The van der Waals surface area contributed by atoms with E-state index in [0.29, 0.717) is 6.54 Å². The van der Waals surface area contributed by atoms with Crippen LogP contribution in [0.1, 0.15) is 55.5 Å². The van der Waals surface area contributed by atoms with Crippen molar-refractivity contribution >= 4 is 11.3 Å². The summed E-state index contributed by atoms with van der Waals surface area (Å²) in [7, 11) is 0. The SMILES string of the molecule is FC(F)Oc1ccsc1CNCC[C@@]1(c2ccccn2)CCOC2(CCCC2)C1. The first-order valence-electron chi connectivity index (χ1n) is 10.4. The molecule has 1 saturated heterocycles. The van der Waals surface area contributed by atoms with Crippen LogP contribution in [-0.4, -0.2) is 30.3 Å². The Morgan fingerprint density at radius 1 is 1.21 bits per heavy atom. The van der Waals surface area contributed by atoms with Crippen LogP contribution in [0.15, 0.2) is 35.8 Å². The first kappa shape index (κ1) is 20.7. The molecular weight excluding hydrogens is 394 g/mol. The third-order valence-electron chi connectivity index (χ3n) is 6.36. The summed E-state index contributed by atoms with van der Waals surface area (Å²) >= 11 is 1.44. The van der Waals surface area contributed by atoms with Crippen LogP contribution in [0.4, 0.5) is 8.78 Å². The minimum Gasteiger partial charge on any atom is -0.434 e. The van der Waals surface area contributed by atoms with Crippen molar-refractivity contribution in [2.24, 2.45) is 0 Å². The number of pyridine rings is 1. The summed E-state index contributed by atoms with van der Waals surface area (Å²) in [4.78, 5) is 5.52. The molecule has 2 aromatic rings. The fraction of sp³-hybridized carbons (Fsp3) is 0.591. The molecule has 1 atom stereocenters. The monoisotopic (exact) mass is 422 g/mol. The van der Waals surface area contributed by atoms with Gasteiger partial charge in [-0.25, -0.2) is 0 Å². The number of thiophene rings is 1. The molecule has 0 radical (unpaired) electrons. The topological polar surface area (TPSA) is 43.4 Å². The molecule has 2 fully saturated rings. The number of aromatic nitrogens is 1. The second kappa shape index (κ2) is 9.06. The van der Waals surface area contributed by atoms with E-state index < -0.39 is 6.61 Å². The highest BCUT2D eigenvalue weighted by Crippen LogP contribution is 2.49. The van der Waals surface area contributed by atoms with E-state index in [1.807, 2.05) is 12.3 Å². The summed E-state index contributed by atoms with van der Waals surface area (Å²) in [6.07, 6.45) is 9.55. The molecule has 4 nitrogen and oxygen atoms in total. The highest BCUT2D eigenvalue weighted by molar-refractivity contribution is 7.10. The van der Waals surface area contributed by atoms with Gasteiger partial charge in [0.1, 0.15) is 5.75 Å². The molecule has 2 aliphatic rings. The Hall–Kier alpha value is -1.57. The van der Waals surface area contributed by atoms with Crippen LogP contribution in [0, 0.1) is 0 Å². The molecule has 29 heavy (non-hydrogen) atoms. The van der Waals surface area contributed by atoms with Gasteiger partial charge in [-0.05, 0) is 62.2 Å². The van der Waals surface area contributed by atoms with Gasteiger partial charge in [-0.15, -0.1) is 11.3 Å². The fourth-order valence-electron chi connectivity index (χ4n) is 4.98. The van der Waals surface area contributed by atoms with Crippen LogP contribution in [0.2, 0.25) is 0 Å². The molecule has 1 aliphatic heterocycles. The van der Waals surface area contributed by atoms with E-state index in [4.69, 9.17) is 9.72 Å². The van der Waals surface area contributed by atoms with Gasteiger partial charge in [0, 0.05) is 30.5 Å². The number of ether oxygens (including phenoxy) is 2. The summed E-state index contributed by atoms with van der Waals surface area (Å²) in [6, 6.07) is 7.77. The van der Waals surface area contributed by atoms with Crippen molar-refractivity contribution in [1.29, 1.82) is 0 Å². The molecule has 158 valence electrons. The average molecular weight is 423 g/mol. The van der Waals surface area contributed by atoms with Crippen molar-refractivity contribution in [3.8, 4) is 5.75 Å². The Kier molecular flexibility index (Phi) is 6.47. The number of nitrogens with zero attached hydrogens (tertiary/aromatic N) is 1. The number of rotatable bonds is 8. The lowest BCUT2D eigenvalue weighted by Crippen LogP contribution is -2.47. The molecule has 7 heteroatoms. The van der Waals surface area contributed by atoms with Gasteiger partial charge in [-0.3, -0.25) is 4.98 Å². The second-order valence-electron chi connectivity index (χ2n) is 8.17. The van der Waals surface area contributed by atoms with E-state index in [1.54, 1.807) is 11.4 Å². The predicted octanol–water partition coefficient (Wildman–Crippen LogP) is 5.29. The normalized spacial score (nSPS) is 23.7. The standard InChI is InChI=1S/C22H28F2N2O2S/c23-20(24)28-17-6-14-29-18(17)15-25-12-9-21(19-5-1-4-11-26-19)10-13-27-22(16-21)7-2-3-8-22/h1,4-6,11,14,20,25H,2-3,7-10,12-13,15-16H2/t21-/m1/s1. The predicted molar refractivity (Wildman–Crippen MR) is 110 cm³/mol. The number of hydrogen-bond acceptors (Lipinski definition) is 5. The van der Waals surface area contributed by atoms with Gasteiger partial charge in [-0.1, -0.05) is 18.9 Å². The Balaban J connectivity index is 1.42. The summed E-state index contributed by atoms with van der Waals surface area (Å²) in [6.45, 7) is -0.702. The molecule has 1 saturated carbocycles. The minimum atomic E-state index is -2.79. The van der Waals surface area contributed by atoms with Crippen molar-refractivity contribution in [3.05, 3.63) is 46.4 Å². The average Bonchev–Trinajstić information content (AvgIpc) is 3.35. The van der Waals surface area contributed by atoms with Gasteiger partial charge in [0.2, 0.25) is 0 Å². The van der Waals surface area contributed by atoms with Crippen molar-refractivity contribution in [2.75, 3.05) is 13.2 Å². The summed E-state index contributed by atoms with van der Waals surface area (Å²) in [5, 5.41) is 5.22. The lowest BCUT2D eigenvalue weighted by atomic mass is 9.68. The Bertz CT molecular complexity index is 780. The van der Waals surface area contributed by atoms with Gasteiger partial charge in [0.15, 0.2) is 0 Å². The van der Waals surface area contributed by atoms with E-state index in [1.165, 1.54) is 24.2 Å². The van der Waals surface area contributed by atoms with Crippen molar-refractivity contribution in [3.63, 3.8) is 0 Å². The highest BCUT2D eigenvalue weighted by atomic mass is 32.1. The Morgan fingerprint density at radius 3 is 2.83 bits per heavy atom. The molecule has 2 aromatic heterocycles. The Morgan fingerprint density at radius 2 is 2.07 bits per heavy atom. The van der Waals surface area contributed by atoms with Crippen molar-refractivity contribution in [1.82, 2.24) is 10.3 Å². The van der Waals surface area contributed by atoms with Crippen LogP contribution in [0.5, 0.6) is 5.75 Å². The first-order valence-corrected chi connectivity index (χ1v) is 11.3. The van der Waals surface area contributed by atoms with E-state index in [-0.39, 0.29) is 16.8 Å². The molecule has 4 rings (SSSR count). The molecule has 1 aliphatic carbocycles. The largest absolute Gasteiger partial charge is 0.434 e. The molecule has 1 spiro atoms. The lowest BCUT2D eigenvalue weighted by Gasteiger charge is -2.46. The zero-order valence-corrected chi connectivity index (χ0v) is 17.4. The third-order valence-corrected chi connectivity index (χ3v) is 7.26. The third kappa shape index (κ3) is 4.78. The van der Waals surface area contributed by atoms with Crippen molar-refractivity contribution < 1.29 is 18.3 Å².